The molecule has 1 amide bonds. The predicted molar refractivity (Wildman–Crippen MR) is 120 cm³/mol. The van der Waals surface area contributed by atoms with Gasteiger partial charge in [-0.2, -0.15) is 0 Å². The number of nitrogens with zero attached hydrogens (tertiary/aromatic N) is 5. The van der Waals surface area contributed by atoms with Gasteiger partial charge in [-0.05, 0) is 37.3 Å². The van der Waals surface area contributed by atoms with Gasteiger partial charge in [0.05, 0.1) is 17.3 Å². The number of thioether (sulfide) groups is 1. The van der Waals surface area contributed by atoms with E-state index in [0.29, 0.717) is 12.3 Å². The summed E-state index contributed by atoms with van der Waals surface area (Å²) in [7, 11) is -1.33. The fraction of sp³-hybridized carbons (Fsp3) is 0.619. The van der Waals surface area contributed by atoms with Gasteiger partial charge in [-0.3, -0.25) is 14.3 Å². The zero-order valence-electron chi connectivity index (χ0n) is 18.0. The maximum Gasteiger partial charge on any atom is 0.233 e. The summed E-state index contributed by atoms with van der Waals surface area (Å²) in [5, 5.41) is 9.63. The molecular formula is C21H29N5O3S2. The zero-order chi connectivity index (χ0) is 22.0. The van der Waals surface area contributed by atoms with Crippen molar-refractivity contribution in [3.8, 4) is 11.4 Å². The van der Waals surface area contributed by atoms with Crippen LogP contribution < -0.4 is 0 Å². The summed E-state index contributed by atoms with van der Waals surface area (Å²) in [4.78, 5) is 18.6. The Morgan fingerprint density at radius 2 is 2.06 bits per heavy atom. The van der Waals surface area contributed by atoms with Crippen LogP contribution in [0.5, 0.6) is 0 Å². The van der Waals surface area contributed by atoms with Gasteiger partial charge in [0, 0.05) is 37.1 Å². The average molecular weight is 464 g/mol. The molecule has 10 heteroatoms. The van der Waals surface area contributed by atoms with Crippen LogP contribution in [0.1, 0.15) is 45.1 Å². The van der Waals surface area contributed by atoms with Crippen LogP contribution in [0.25, 0.3) is 11.4 Å². The van der Waals surface area contributed by atoms with Crippen LogP contribution in [0.15, 0.2) is 29.7 Å². The highest BCUT2D eigenvalue weighted by Gasteiger charge is 2.33. The van der Waals surface area contributed by atoms with Crippen molar-refractivity contribution in [2.75, 3.05) is 24.3 Å². The second-order valence-electron chi connectivity index (χ2n) is 8.60. The SMILES string of the molecule is C[C@@H]1CCCC[C@H]1n1c(SCC(=O)N(C)[C@H]2CCS(=O)(=O)C2)nnc1-c1cccnc1. The predicted octanol–water partition coefficient (Wildman–Crippen LogP) is 2.83. The Kier molecular flexibility index (Phi) is 6.66. The van der Waals surface area contributed by atoms with Crippen molar-refractivity contribution >= 4 is 27.5 Å². The van der Waals surface area contributed by atoms with E-state index in [4.69, 9.17) is 0 Å². The number of rotatable bonds is 6. The number of sulfone groups is 1. The van der Waals surface area contributed by atoms with E-state index in [0.717, 1.165) is 29.4 Å². The van der Waals surface area contributed by atoms with Crippen molar-refractivity contribution in [3.05, 3.63) is 24.5 Å². The molecule has 8 nitrogen and oxygen atoms in total. The molecule has 3 atom stereocenters. The van der Waals surface area contributed by atoms with Crippen LogP contribution in [0.2, 0.25) is 0 Å². The third kappa shape index (κ3) is 4.95. The van der Waals surface area contributed by atoms with Crippen LogP contribution in [0.4, 0.5) is 0 Å². The summed E-state index contributed by atoms with van der Waals surface area (Å²) < 4.78 is 25.7. The van der Waals surface area contributed by atoms with E-state index in [1.807, 2.05) is 12.1 Å². The molecule has 0 radical (unpaired) electrons. The summed E-state index contributed by atoms with van der Waals surface area (Å²) >= 11 is 1.38. The van der Waals surface area contributed by atoms with Crippen molar-refractivity contribution in [2.45, 2.75) is 56.3 Å². The molecule has 0 bridgehead atoms. The summed E-state index contributed by atoms with van der Waals surface area (Å²) in [6.45, 7) is 2.27. The molecule has 2 fully saturated rings. The highest BCUT2D eigenvalue weighted by molar-refractivity contribution is 7.99. The maximum absolute atomic E-state index is 12.8. The molecular weight excluding hydrogens is 434 g/mol. The highest BCUT2D eigenvalue weighted by atomic mass is 32.2. The Bertz CT molecular complexity index is 1020. The first-order valence-electron chi connectivity index (χ1n) is 10.8. The molecule has 1 saturated carbocycles. The van der Waals surface area contributed by atoms with Gasteiger partial charge in [-0.1, -0.05) is 31.5 Å². The third-order valence-electron chi connectivity index (χ3n) is 6.46. The van der Waals surface area contributed by atoms with Crippen molar-refractivity contribution in [3.63, 3.8) is 0 Å². The second kappa shape index (κ2) is 9.28. The van der Waals surface area contributed by atoms with Crippen molar-refractivity contribution in [2.24, 2.45) is 5.92 Å². The van der Waals surface area contributed by atoms with Crippen LogP contribution in [0.3, 0.4) is 0 Å². The van der Waals surface area contributed by atoms with Gasteiger partial charge in [-0.15, -0.1) is 10.2 Å². The Hall–Kier alpha value is -1.94. The smallest absolute Gasteiger partial charge is 0.233 e. The first kappa shape index (κ1) is 22.3. The molecule has 0 aromatic carbocycles. The fourth-order valence-electron chi connectivity index (χ4n) is 4.56. The van der Waals surface area contributed by atoms with E-state index < -0.39 is 9.84 Å². The van der Waals surface area contributed by atoms with Gasteiger partial charge in [0.25, 0.3) is 0 Å². The average Bonchev–Trinajstić information content (AvgIpc) is 3.35. The molecule has 168 valence electrons. The summed E-state index contributed by atoms with van der Waals surface area (Å²) in [6, 6.07) is 3.92. The number of carbonyl (C=O) groups excluding carboxylic acids is 1. The van der Waals surface area contributed by atoms with E-state index in [1.54, 1.807) is 24.3 Å². The maximum atomic E-state index is 12.8. The summed E-state index contributed by atoms with van der Waals surface area (Å²) in [5.41, 5.74) is 0.916. The molecule has 31 heavy (non-hydrogen) atoms. The minimum Gasteiger partial charge on any atom is -0.341 e. The Labute approximate surface area is 187 Å². The Morgan fingerprint density at radius 1 is 1.26 bits per heavy atom. The molecule has 0 N–H and O–H groups in total. The van der Waals surface area contributed by atoms with Crippen molar-refractivity contribution in [1.82, 2.24) is 24.6 Å². The minimum atomic E-state index is -3.03. The molecule has 2 aromatic heterocycles. The lowest BCUT2D eigenvalue weighted by atomic mass is 9.85. The molecule has 2 aromatic rings. The third-order valence-corrected chi connectivity index (χ3v) is 9.13. The zero-order valence-corrected chi connectivity index (χ0v) is 19.6. The lowest BCUT2D eigenvalue weighted by Gasteiger charge is -2.31. The number of amides is 1. The van der Waals surface area contributed by atoms with Gasteiger partial charge in [0.1, 0.15) is 0 Å². The van der Waals surface area contributed by atoms with E-state index in [9.17, 15) is 13.2 Å². The van der Waals surface area contributed by atoms with Gasteiger partial charge < -0.3 is 4.90 Å². The normalized spacial score (nSPS) is 25.4. The summed E-state index contributed by atoms with van der Waals surface area (Å²) in [6.07, 6.45) is 8.67. The van der Waals surface area contributed by atoms with E-state index in [-0.39, 0.29) is 35.2 Å². The Balaban J connectivity index is 1.54. The van der Waals surface area contributed by atoms with E-state index >= 15 is 0 Å². The largest absolute Gasteiger partial charge is 0.341 e. The Morgan fingerprint density at radius 3 is 2.74 bits per heavy atom. The molecule has 1 aliphatic heterocycles. The highest BCUT2D eigenvalue weighted by Crippen LogP contribution is 2.39. The fourth-order valence-corrected chi connectivity index (χ4v) is 7.25. The number of hydrogen-bond donors (Lipinski definition) is 0. The quantitative estimate of drug-likeness (QED) is 0.608. The van der Waals surface area contributed by atoms with Crippen LogP contribution in [-0.4, -0.2) is 69.3 Å². The van der Waals surface area contributed by atoms with Gasteiger partial charge >= 0.3 is 0 Å². The minimum absolute atomic E-state index is 0.0564. The molecule has 3 heterocycles. The first-order chi connectivity index (χ1) is 14.9. The van der Waals surface area contributed by atoms with Gasteiger partial charge in [0.2, 0.25) is 5.91 Å². The second-order valence-corrected chi connectivity index (χ2v) is 11.8. The van der Waals surface area contributed by atoms with Crippen LogP contribution >= 0.6 is 11.8 Å². The van der Waals surface area contributed by atoms with Crippen LogP contribution in [-0.2, 0) is 14.6 Å². The molecule has 0 spiro atoms. The molecule has 0 unspecified atom stereocenters. The molecule has 1 saturated heterocycles. The van der Waals surface area contributed by atoms with E-state index in [1.165, 1.54) is 24.6 Å². The van der Waals surface area contributed by atoms with Crippen molar-refractivity contribution in [1.29, 1.82) is 0 Å². The van der Waals surface area contributed by atoms with E-state index in [2.05, 4.69) is 26.7 Å². The number of carbonyl (C=O) groups is 1. The number of hydrogen-bond acceptors (Lipinski definition) is 7. The topological polar surface area (TPSA) is 98.1 Å². The standard InChI is InChI=1S/C21H29N5O3S2/c1-15-6-3-4-8-18(15)26-20(16-7-5-10-22-12-16)23-24-21(26)30-13-19(27)25(2)17-9-11-31(28,29)14-17/h5,7,10,12,15,17-18H,3-4,6,8-9,11,13-14H2,1-2H3/t15-,17+,18-/m1/s1. The lowest BCUT2D eigenvalue weighted by molar-refractivity contribution is -0.128. The molecule has 4 rings (SSSR count). The lowest BCUT2D eigenvalue weighted by Crippen LogP contribution is -2.38. The molecule has 1 aliphatic carbocycles. The number of pyridine rings is 1. The number of aromatic nitrogens is 4. The summed E-state index contributed by atoms with van der Waals surface area (Å²) in [5.74, 6) is 1.63. The van der Waals surface area contributed by atoms with Gasteiger partial charge in [-0.25, -0.2) is 8.42 Å². The monoisotopic (exact) mass is 463 g/mol. The van der Waals surface area contributed by atoms with Crippen molar-refractivity contribution < 1.29 is 13.2 Å². The van der Waals surface area contributed by atoms with Crippen LogP contribution in [0, 0.1) is 5.92 Å². The molecule has 2 aliphatic rings. The first-order valence-corrected chi connectivity index (χ1v) is 13.6. The van der Waals surface area contributed by atoms with Gasteiger partial charge in [0.15, 0.2) is 20.8 Å².